The molecule has 1 aliphatic heterocycles. The van der Waals surface area contributed by atoms with Crippen molar-refractivity contribution < 1.29 is 18.0 Å². The summed E-state index contributed by atoms with van der Waals surface area (Å²) in [6.07, 6.45) is -3.15. The van der Waals surface area contributed by atoms with E-state index in [0.717, 1.165) is 16.3 Å². The van der Waals surface area contributed by atoms with E-state index in [9.17, 15) is 18.0 Å². The smallest absolute Gasteiger partial charge is 0.307 e. The molecule has 3 aromatic rings. The van der Waals surface area contributed by atoms with Gasteiger partial charge in [0.2, 0.25) is 9.97 Å². The Labute approximate surface area is 168 Å². The number of alkyl halides is 3. The Morgan fingerprint density at radius 1 is 1.26 bits per heavy atom. The number of thiocarbonyl (C=S) groups is 1. The fourth-order valence-corrected chi connectivity index (χ4v) is 4.29. The highest BCUT2D eigenvalue weighted by Gasteiger charge is 2.36. The van der Waals surface area contributed by atoms with Crippen molar-refractivity contribution in [1.82, 2.24) is 19.9 Å². The number of aromatic nitrogens is 3. The van der Waals surface area contributed by atoms with Crippen molar-refractivity contribution in [3.63, 3.8) is 0 Å². The molecule has 1 fully saturated rings. The molecule has 1 saturated heterocycles. The zero-order valence-corrected chi connectivity index (χ0v) is 16.1. The summed E-state index contributed by atoms with van der Waals surface area (Å²) in [5.41, 5.74) is 1.27. The van der Waals surface area contributed by atoms with E-state index in [-0.39, 0.29) is 19.9 Å². The third-order valence-electron chi connectivity index (χ3n) is 3.51. The summed E-state index contributed by atoms with van der Waals surface area (Å²) in [6.45, 7) is 0. The molecule has 0 saturated carbocycles. The molecule has 27 heavy (non-hydrogen) atoms. The summed E-state index contributed by atoms with van der Waals surface area (Å²) >= 11 is 12.3. The maximum Gasteiger partial charge on any atom is 0.445 e. The molecule has 0 atom stereocenters. The molecule has 1 amide bonds. The Morgan fingerprint density at radius 3 is 2.56 bits per heavy atom. The van der Waals surface area contributed by atoms with Gasteiger partial charge in [-0.25, -0.2) is 9.50 Å². The molecule has 12 heteroatoms. The molecule has 5 nitrogen and oxygen atoms in total. The summed E-state index contributed by atoms with van der Waals surface area (Å²) in [5.74, 6) is -0.423. The van der Waals surface area contributed by atoms with E-state index < -0.39 is 17.1 Å². The molecule has 1 aromatic carbocycles. The van der Waals surface area contributed by atoms with Crippen LogP contribution in [0, 0.1) is 0 Å². The zero-order valence-electron chi connectivity index (χ0n) is 12.9. The van der Waals surface area contributed by atoms with Crippen LogP contribution in [0.15, 0.2) is 29.2 Å². The lowest BCUT2D eigenvalue weighted by Gasteiger charge is -2.02. The van der Waals surface area contributed by atoms with E-state index in [0.29, 0.717) is 27.6 Å². The van der Waals surface area contributed by atoms with E-state index in [1.807, 2.05) is 0 Å². The quantitative estimate of drug-likeness (QED) is 0.460. The summed E-state index contributed by atoms with van der Waals surface area (Å²) in [5, 5.41) is 5.59. The summed E-state index contributed by atoms with van der Waals surface area (Å²) in [7, 11) is 0. The number of carbonyl (C=O) groups excluding carboxylic acids is 1. The van der Waals surface area contributed by atoms with Crippen molar-refractivity contribution in [3.05, 3.63) is 44.9 Å². The highest BCUT2D eigenvalue weighted by atomic mass is 35.5. The Kier molecular flexibility index (Phi) is 4.49. The maximum absolute atomic E-state index is 13.0. The van der Waals surface area contributed by atoms with Crippen molar-refractivity contribution in [2.45, 2.75) is 6.18 Å². The molecule has 2 aromatic heterocycles. The molecular weight excluding hydrogens is 441 g/mol. The fourth-order valence-electron chi connectivity index (χ4n) is 2.37. The van der Waals surface area contributed by atoms with E-state index in [2.05, 4.69) is 15.4 Å². The lowest BCUT2D eigenvalue weighted by molar-refractivity contribution is -0.138. The SMILES string of the molecule is O=C1NC(=S)S/C1=C\c1c(-c2ccc(Cl)cc2)nc2sc(C(F)(F)F)nn12. The Bertz CT molecular complexity index is 1120. The molecule has 1 aliphatic rings. The van der Waals surface area contributed by atoms with Gasteiger partial charge in [-0.3, -0.25) is 4.79 Å². The molecular formula is C15H6ClF3N4OS3. The highest BCUT2D eigenvalue weighted by molar-refractivity contribution is 8.26. The molecule has 0 spiro atoms. The van der Waals surface area contributed by atoms with Crippen molar-refractivity contribution in [3.8, 4) is 11.3 Å². The molecule has 1 N–H and O–H groups in total. The maximum atomic E-state index is 13.0. The molecule has 0 radical (unpaired) electrons. The van der Waals surface area contributed by atoms with Crippen LogP contribution in [0.3, 0.4) is 0 Å². The van der Waals surface area contributed by atoms with Gasteiger partial charge in [0.15, 0.2) is 0 Å². The van der Waals surface area contributed by atoms with Crippen molar-refractivity contribution >= 4 is 68.2 Å². The van der Waals surface area contributed by atoms with Gasteiger partial charge in [-0.1, -0.05) is 59.1 Å². The normalized spacial score (nSPS) is 16.5. The van der Waals surface area contributed by atoms with Crippen molar-refractivity contribution in [2.24, 2.45) is 0 Å². The lowest BCUT2D eigenvalue weighted by Crippen LogP contribution is -2.17. The second kappa shape index (κ2) is 6.59. The Hall–Kier alpha value is -1.95. The number of halogens is 4. The largest absolute Gasteiger partial charge is 0.445 e. The van der Waals surface area contributed by atoms with Gasteiger partial charge in [0.1, 0.15) is 4.32 Å². The first-order valence-electron chi connectivity index (χ1n) is 7.20. The molecule has 3 heterocycles. The highest BCUT2D eigenvalue weighted by Crippen LogP contribution is 2.37. The number of benzene rings is 1. The predicted molar refractivity (Wildman–Crippen MR) is 103 cm³/mol. The third kappa shape index (κ3) is 3.47. The number of nitrogens with zero attached hydrogens (tertiary/aromatic N) is 3. The van der Waals surface area contributed by atoms with Crippen molar-refractivity contribution in [1.29, 1.82) is 0 Å². The average molecular weight is 447 g/mol. The van der Waals surface area contributed by atoms with Crippen LogP contribution in [-0.4, -0.2) is 24.8 Å². The van der Waals surface area contributed by atoms with Crippen LogP contribution in [0.4, 0.5) is 13.2 Å². The van der Waals surface area contributed by atoms with Crippen molar-refractivity contribution in [2.75, 3.05) is 0 Å². The molecule has 0 unspecified atom stereocenters. The van der Waals surface area contributed by atoms with Gasteiger partial charge in [0.25, 0.3) is 5.91 Å². The van der Waals surface area contributed by atoms with E-state index in [1.165, 1.54) is 6.08 Å². The summed E-state index contributed by atoms with van der Waals surface area (Å²) in [6, 6.07) is 6.66. The van der Waals surface area contributed by atoms with Crippen LogP contribution in [-0.2, 0) is 11.0 Å². The minimum absolute atomic E-state index is 0.0603. The standard InChI is InChI=1S/C15H6ClF3N4OS3/c16-7-3-1-6(2-4-7)10-8(5-9-11(24)21-14(25)26-9)23-13(20-10)27-12(22-23)15(17,18)19/h1-5H,(H,21,24,25)/b9-5-. The monoisotopic (exact) mass is 446 g/mol. The number of imidazole rings is 1. The van der Waals surface area contributed by atoms with E-state index >= 15 is 0 Å². The number of thioether (sulfide) groups is 1. The Balaban J connectivity index is 1.93. The molecule has 4 rings (SSSR count). The second-order valence-electron chi connectivity index (χ2n) is 5.30. The lowest BCUT2D eigenvalue weighted by atomic mass is 10.1. The van der Waals surface area contributed by atoms with E-state index in [1.54, 1.807) is 24.3 Å². The van der Waals surface area contributed by atoms with Gasteiger partial charge in [-0.05, 0) is 18.2 Å². The number of hydrogen-bond donors (Lipinski definition) is 1. The summed E-state index contributed by atoms with van der Waals surface area (Å²) < 4.78 is 40.4. The first kappa shape index (κ1) is 18.4. The number of hydrogen-bond acceptors (Lipinski definition) is 6. The number of nitrogens with one attached hydrogen (secondary N) is 1. The van der Waals surface area contributed by atoms with Crippen LogP contribution in [0.25, 0.3) is 22.3 Å². The third-order valence-corrected chi connectivity index (χ3v) is 5.88. The van der Waals surface area contributed by atoms with Crippen LogP contribution in [0.2, 0.25) is 5.02 Å². The number of rotatable bonds is 2. The first-order valence-corrected chi connectivity index (χ1v) is 9.62. The van der Waals surface area contributed by atoms with E-state index in [4.69, 9.17) is 23.8 Å². The predicted octanol–water partition coefficient (Wildman–Crippen LogP) is 4.62. The molecule has 0 bridgehead atoms. The minimum Gasteiger partial charge on any atom is -0.307 e. The van der Waals surface area contributed by atoms with Gasteiger partial charge in [-0.2, -0.15) is 13.2 Å². The van der Waals surface area contributed by atoms with Crippen LogP contribution >= 0.6 is 46.9 Å². The number of amides is 1. The van der Waals surface area contributed by atoms with Gasteiger partial charge in [0, 0.05) is 10.6 Å². The molecule has 138 valence electrons. The topological polar surface area (TPSA) is 59.3 Å². The number of carbonyl (C=O) groups is 1. The van der Waals surface area contributed by atoms with Crippen LogP contribution in [0.5, 0.6) is 0 Å². The fraction of sp³-hybridized carbons (Fsp3) is 0.0667. The molecule has 0 aliphatic carbocycles. The second-order valence-corrected chi connectivity index (χ2v) is 8.42. The first-order chi connectivity index (χ1) is 12.7. The van der Waals surface area contributed by atoms with Gasteiger partial charge in [-0.15, -0.1) is 5.10 Å². The van der Waals surface area contributed by atoms with Crippen LogP contribution < -0.4 is 5.32 Å². The summed E-state index contributed by atoms with van der Waals surface area (Å²) in [4.78, 5) is 16.6. The Morgan fingerprint density at radius 2 is 1.96 bits per heavy atom. The van der Waals surface area contributed by atoms with Gasteiger partial charge < -0.3 is 5.32 Å². The zero-order chi connectivity index (χ0) is 19.3. The van der Waals surface area contributed by atoms with Gasteiger partial charge >= 0.3 is 6.18 Å². The average Bonchev–Trinajstić information content (AvgIpc) is 3.22. The number of fused-ring (bicyclic) bond motifs is 1. The van der Waals surface area contributed by atoms with Crippen LogP contribution in [0.1, 0.15) is 10.7 Å². The minimum atomic E-state index is -4.59. The van der Waals surface area contributed by atoms with Gasteiger partial charge in [0.05, 0.1) is 16.3 Å².